The molecule has 0 unspecified atom stereocenters. The molecule has 5 nitrogen and oxygen atoms in total. The number of anilines is 1. The largest absolute Gasteiger partial charge is 0.478 e. The van der Waals surface area contributed by atoms with Crippen LogP contribution in [-0.2, 0) is 13.1 Å². The Morgan fingerprint density at radius 1 is 1.30 bits per heavy atom. The maximum absolute atomic E-state index is 14.0. The number of rotatable bonds is 2. The van der Waals surface area contributed by atoms with Crippen LogP contribution in [0.15, 0.2) is 24.5 Å². The van der Waals surface area contributed by atoms with E-state index in [9.17, 15) is 9.18 Å². The van der Waals surface area contributed by atoms with Gasteiger partial charge in [-0.2, -0.15) is 0 Å². The molecule has 2 aromatic rings. The highest BCUT2D eigenvalue weighted by atomic mass is 19.1. The van der Waals surface area contributed by atoms with Gasteiger partial charge in [0.1, 0.15) is 6.33 Å². The van der Waals surface area contributed by atoms with Gasteiger partial charge in [-0.3, -0.25) is 0 Å². The first kappa shape index (κ1) is 12.5. The number of carbonyl (C=O) groups is 1. The number of benzene rings is 1. The van der Waals surface area contributed by atoms with Crippen LogP contribution < -0.4 is 4.90 Å². The summed E-state index contributed by atoms with van der Waals surface area (Å²) in [6, 6.07) is 4.96. The number of fused-ring (bicyclic) bond motifs is 1. The van der Waals surface area contributed by atoms with Crippen LogP contribution in [-0.4, -0.2) is 21.0 Å². The van der Waals surface area contributed by atoms with Crippen molar-refractivity contribution in [3.05, 3.63) is 52.7 Å². The highest BCUT2D eigenvalue weighted by Crippen LogP contribution is 2.29. The summed E-state index contributed by atoms with van der Waals surface area (Å²) in [6.07, 6.45) is 1.33. The third-order valence-electron chi connectivity index (χ3n) is 3.42. The molecule has 3 rings (SSSR count). The third kappa shape index (κ3) is 1.99. The second-order valence-corrected chi connectivity index (χ2v) is 4.74. The maximum Gasteiger partial charge on any atom is 0.335 e. The van der Waals surface area contributed by atoms with Crippen molar-refractivity contribution in [2.24, 2.45) is 0 Å². The predicted octanol–water partition coefficient (Wildman–Crippen LogP) is 2.14. The van der Waals surface area contributed by atoms with E-state index < -0.39 is 11.8 Å². The molecule has 0 fully saturated rings. The molecule has 1 N–H and O–H groups in total. The molecule has 1 aromatic heterocycles. The van der Waals surface area contributed by atoms with Gasteiger partial charge < -0.3 is 10.0 Å². The average molecular weight is 273 g/mol. The van der Waals surface area contributed by atoms with Crippen LogP contribution in [0.4, 0.5) is 10.2 Å². The molecular weight excluding hydrogens is 261 g/mol. The summed E-state index contributed by atoms with van der Waals surface area (Å²) in [5, 5.41) is 8.99. The molecule has 6 heteroatoms. The highest BCUT2D eigenvalue weighted by molar-refractivity contribution is 5.88. The van der Waals surface area contributed by atoms with E-state index in [-0.39, 0.29) is 11.4 Å². The van der Waals surface area contributed by atoms with Crippen LogP contribution in [0.5, 0.6) is 0 Å². The van der Waals surface area contributed by atoms with Crippen molar-refractivity contribution in [1.29, 1.82) is 0 Å². The first-order valence-corrected chi connectivity index (χ1v) is 6.13. The molecule has 0 amide bonds. The second kappa shape index (κ2) is 4.56. The van der Waals surface area contributed by atoms with Crippen LogP contribution in [0.3, 0.4) is 0 Å². The Labute approximate surface area is 114 Å². The fourth-order valence-electron chi connectivity index (χ4n) is 2.34. The molecule has 2 heterocycles. The summed E-state index contributed by atoms with van der Waals surface area (Å²) in [4.78, 5) is 20.5. The monoisotopic (exact) mass is 273 g/mol. The van der Waals surface area contributed by atoms with Crippen molar-refractivity contribution in [1.82, 2.24) is 9.97 Å². The minimum Gasteiger partial charge on any atom is -0.478 e. The Bertz CT molecular complexity index is 703. The zero-order chi connectivity index (χ0) is 14.3. The molecule has 0 saturated heterocycles. The summed E-state index contributed by atoms with van der Waals surface area (Å²) >= 11 is 0. The van der Waals surface area contributed by atoms with Gasteiger partial charge in [0.05, 0.1) is 11.3 Å². The van der Waals surface area contributed by atoms with Gasteiger partial charge in [0, 0.05) is 13.1 Å². The van der Waals surface area contributed by atoms with Gasteiger partial charge in [0.2, 0.25) is 0 Å². The summed E-state index contributed by atoms with van der Waals surface area (Å²) in [6.45, 7) is 2.55. The number of carboxylic acid groups (broad SMARTS) is 1. The zero-order valence-corrected chi connectivity index (χ0v) is 10.8. The van der Waals surface area contributed by atoms with E-state index in [4.69, 9.17) is 5.11 Å². The third-order valence-corrected chi connectivity index (χ3v) is 3.42. The number of aromatic carboxylic acids is 1. The molecule has 1 aliphatic heterocycles. The lowest BCUT2D eigenvalue weighted by atomic mass is 10.1. The van der Waals surface area contributed by atoms with Crippen LogP contribution in [0, 0.1) is 12.7 Å². The first-order valence-electron chi connectivity index (χ1n) is 6.13. The van der Waals surface area contributed by atoms with E-state index in [1.165, 1.54) is 6.33 Å². The summed E-state index contributed by atoms with van der Waals surface area (Å²) in [5.74, 6) is -1.14. The molecule has 0 saturated carbocycles. The number of carboxylic acids is 1. The molecule has 0 atom stereocenters. The van der Waals surface area contributed by atoms with Crippen molar-refractivity contribution < 1.29 is 14.3 Å². The highest BCUT2D eigenvalue weighted by Gasteiger charge is 2.24. The van der Waals surface area contributed by atoms with Gasteiger partial charge in [-0.25, -0.2) is 19.2 Å². The normalized spacial score (nSPS) is 13.4. The van der Waals surface area contributed by atoms with Gasteiger partial charge in [-0.05, 0) is 30.2 Å². The molecule has 1 aliphatic rings. The summed E-state index contributed by atoms with van der Waals surface area (Å²) in [7, 11) is 0. The molecule has 1 aromatic carbocycles. The van der Waals surface area contributed by atoms with E-state index in [2.05, 4.69) is 9.97 Å². The minimum atomic E-state index is -0.963. The smallest absolute Gasteiger partial charge is 0.335 e. The Balaban J connectivity index is 1.94. The fourth-order valence-corrected chi connectivity index (χ4v) is 2.34. The number of aromatic nitrogens is 2. The minimum absolute atomic E-state index is 0.241. The standard InChI is InChI=1S/C14H12FN3O2/c1-8-12(15)13(17-7-16-8)18-5-10-3-2-9(14(19)20)4-11(10)6-18/h2-4,7H,5-6H2,1H3,(H,19,20). The number of hydrogen-bond acceptors (Lipinski definition) is 4. The molecule has 20 heavy (non-hydrogen) atoms. The van der Waals surface area contributed by atoms with Gasteiger partial charge in [0.25, 0.3) is 0 Å². The lowest BCUT2D eigenvalue weighted by Gasteiger charge is -2.17. The molecular formula is C14H12FN3O2. The van der Waals surface area contributed by atoms with Gasteiger partial charge in [-0.15, -0.1) is 0 Å². The molecule has 0 aliphatic carbocycles. The second-order valence-electron chi connectivity index (χ2n) is 4.74. The van der Waals surface area contributed by atoms with E-state index in [0.717, 1.165) is 11.1 Å². The summed E-state index contributed by atoms with van der Waals surface area (Å²) < 4.78 is 14.0. The van der Waals surface area contributed by atoms with Crippen molar-refractivity contribution in [2.45, 2.75) is 20.0 Å². The topological polar surface area (TPSA) is 66.3 Å². The molecule has 0 bridgehead atoms. The van der Waals surface area contributed by atoms with Crippen molar-refractivity contribution in [3.63, 3.8) is 0 Å². The lowest BCUT2D eigenvalue weighted by Crippen LogP contribution is -2.18. The lowest BCUT2D eigenvalue weighted by molar-refractivity contribution is 0.0697. The van der Waals surface area contributed by atoms with Gasteiger partial charge >= 0.3 is 5.97 Å². The van der Waals surface area contributed by atoms with E-state index in [1.807, 2.05) is 0 Å². The summed E-state index contributed by atoms with van der Waals surface area (Å²) in [5.41, 5.74) is 2.42. The van der Waals surface area contributed by atoms with Crippen LogP contribution in [0.2, 0.25) is 0 Å². The molecule has 0 spiro atoms. The van der Waals surface area contributed by atoms with Gasteiger partial charge in [0.15, 0.2) is 11.6 Å². The van der Waals surface area contributed by atoms with Crippen LogP contribution >= 0.6 is 0 Å². The van der Waals surface area contributed by atoms with E-state index in [1.54, 1.807) is 30.0 Å². The SMILES string of the molecule is Cc1ncnc(N2Cc3ccc(C(=O)O)cc3C2)c1F. The predicted molar refractivity (Wildman–Crippen MR) is 70.0 cm³/mol. The molecule has 102 valence electrons. The first-order chi connectivity index (χ1) is 9.56. The Kier molecular flexibility index (Phi) is 2.85. The Morgan fingerprint density at radius 3 is 2.80 bits per heavy atom. The van der Waals surface area contributed by atoms with Crippen LogP contribution in [0.25, 0.3) is 0 Å². The van der Waals surface area contributed by atoms with Crippen molar-refractivity contribution in [2.75, 3.05) is 4.90 Å². The fraction of sp³-hybridized carbons (Fsp3) is 0.214. The number of aryl methyl sites for hydroxylation is 1. The number of hydrogen-bond donors (Lipinski definition) is 1. The number of halogens is 1. The Hall–Kier alpha value is -2.50. The Morgan fingerprint density at radius 2 is 2.05 bits per heavy atom. The maximum atomic E-state index is 14.0. The molecule has 0 radical (unpaired) electrons. The van der Waals surface area contributed by atoms with Crippen molar-refractivity contribution >= 4 is 11.8 Å². The van der Waals surface area contributed by atoms with Crippen molar-refractivity contribution in [3.8, 4) is 0 Å². The zero-order valence-electron chi connectivity index (χ0n) is 10.8. The quantitative estimate of drug-likeness (QED) is 0.908. The number of nitrogens with zero attached hydrogens (tertiary/aromatic N) is 3. The van der Waals surface area contributed by atoms with Crippen LogP contribution in [0.1, 0.15) is 27.2 Å². The van der Waals surface area contributed by atoms with E-state index in [0.29, 0.717) is 18.8 Å². The van der Waals surface area contributed by atoms with Gasteiger partial charge in [-0.1, -0.05) is 6.07 Å². The van der Waals surface area contributed by atoms with E-state index >= 15 is 0 Å². The average Bonchev–Trinajstić information content (AvgIpc) is 2.84.